The van der Waals surface area contributed by atoms with E-state index in [0.29, 0.717) is 30.6 Å². The third-order valence-corrected chi connectivity index (χ3v) is 6.54. The summed E-state index contributed by atoms with van der Waals surface area (Å²) in [6.45, 7) is 1.89. The molecule has 1 saturated heterocycles. The minimum atomic E-state index is -3.76. The van der Waals surface area contributed by atoms with Crippen LogP contribution in [0.5, 0.6) is 0 Å². The van der Waals surface area contributed by atoms with Crippen LogP contribution >= 0.6 is 0 Å². The van der Waals surface area contributed by atoms with E-state index in [-0.39, 0.29) is 23.1 Å². The number of sulfonamides is 1. The van der Waals surface area contributed by atoms with Crippen molar-refractivity contribution in [2.75, 3.05) is 18.4 Å². The van der Waals surface area contributed by atoms with E-state index >= 15 is 0 Å². The average molecular weight is 386 g/mol. The quantitative estimate of drug-likeness (QED) is 0.801. The maximum absolute atomic E-state index is 13.0. The molecular formula is C20H22N2O4S. The molecule has 7 heteroatoms. The molecule has 27 heavy (non-hydrogen) atoms. The van der Waals surface area contributed by atoms with Crippen molar-refractivity contribution in [2.45, 2.75) is 24.7 Å². The van der Waals surface area contributed by atoms with Crippen LogP contribution in [0.25, 0.3) is 0 Å². The van der Waals surface area contributed by atoms with Crippen molar-refractivity contribution in [2.24, 2.45) is 5.92 Å². The van der Waals surface area contributed by atoms with Gasteiger partial charge in [-0.1, -0.05) is 30.3 Å². The fourth-order valence-electron chi connectivity index (χ4n) is 3.17. The Balaban J connectivity index is 1.76. The maximum atomic E-state index is 13.0. The minimum absolute atomic E-state index is 0.0827. The molecule has 1 unspecified atom stereocenters. The molecule has 0 bridgehead atoms. The van der Waals surface area contributed by atoms with Crippen molar-refractivity contribution < 1.29 is 18.0 Å². The molecule has 1 heterocycles. The first-order valence-corrected chi connectivity index (χ1v) is 10.3. The van der Waals surface area contributed by atoms with E-state index in [1.165, 1.54) is 23.4 Å². The fourth-order valence-corrected chi connectivity index (χ4v) is 4.74. The number of carbonyl (C=O) groups is 2. The predicted octanol–water partition coefficient (Wildman–Crippen LogP) is 2.93. The van der Waals surface area contributed by atoms with Gasteiger partial charge in [-0.2, -0.15) is 4.31 Å². The zero-order chi connectivity index (χ0) is 19.4. The van der Waals surface area contributed by atoms with Gasteiger partial charge in [0.1, 0.15) is 0 Å². The summed E-state index contributed by atoms with van der Waals surface area (Å²) in [5.74, 6) is -0.783. The van der Waals surface area contributed by atoms with Gasteiger partial charge in [-0.15, -0.1) is 0 Å². The number of rotatable bonds is 5. The molecule has 1 N–H and O–H groups in total. The van der Waals surface area contributed by atoms with Crippen molar-refractivity contribution in [1.82, 2.24) is 4.31 Å². The van der Waals surface area contributed by atoms with E-state index in [1.54, 1.807) is 24.3 Å². The molecule has 1 aliphatic rings. The standard InChI is InChI=1S/C20H22N2O4S/c1-15(23)16-7-5-11-19(13-16)27(25,26)22-12-6-8-17(14-22)20(24)21-18-9-3-2-4-10-18/h2-5,7,9-11,13,17H,6,8,12,14H2,1H3,(H,21,24). The summed E-state index contributed by atoms with van der Waals surface area (Å²) in [5.41, 5.74) is 1.04. The molecule has 1 fully saturated rings. The molecule has 2 aromatic rings. The second kappa shape index (κ2) is 8.02. The highest BCUT2D eigenvalue weighted by Crippen LogP contribution is 2.25. The van der Waals surface area contributed by atoms with E-state index in [9.17, 15) is 18.0 Å². The first kappa shape index (κ1) is 19.3. The Hall–Kier alpha value is -2.51. The first-order chi connectivity index (χ1) is 12.9. The van der Waals surface area contributed by atoms with Gasteiger partial charge in [-0.3, -0.25) is 9.59 Å². The van der Waals surface area contributed by atoms with Gasteiger partial charge in [-0.05, 0) is 44.0 Å². The van der Waals surface area contributed by atoms with Crippen molar-refractivity contribution in [1.29, 1.82) is 0 Å². The minimum Gasteiger partial charge on any atom is -0.326 e. The normalized spacial score (nSPS) is 18.0. The topological polar surface area (TPSA) is 83.6 Å². The molecule has 3 rings (SSSR count). The summed E-state index contributed by atoms with van der Waals surface area (Å²) in [7, 11) is -3.76. The van der Waals surface area contributed by atoms with Gasteiger partial charge in [0.05, 0.1) is 10.8 Å². The fraction of sp³-hybridized carbons (Fsp3) is 0.300. The molecule has 142 valence electrons. The molecule has 0 aromatic heterocycles. The zero-order valence-electron chi connectivity index (χ0n) is 15.1. The van der Waals surface area contributed by atoms with Gasteiger partial charge in [0, 0.05) is 24.3 Å². The molecule has 0 aliphatic carbocycles. The molecule has 0 saturated carbocycles. The molecule has 1 atom stereocenters. The lowest BCUT2D eigenvalue weighted by molar-refractivity contribution is -0.120. The lowest BCUT2D eigenvalue weighted by Crippen LogP contribution is -2.43. The monoisotopic (exact) mass is 386 g/mol. The Bertz CT molecular complexity index is 941. The summed E-state index contributed by atoms with van der Waals surface area (Å²) in [6.07, 6.45) is 1.25. The third kappa shape index (κ3) is 4.43. The lowest BCUT2D eigenvalue weighted by Gasteiger charge is -2.31. The summed E-state index contributed by atoms with van der Waals surface area (Å²) >= 11 is 0. The first-order valence-electron chi connectivity index (χ1n) is 8.85. The van der Waals surface area contributed by atoms with E-state index in [1.807, 2.05) is 18.2 Å². The number of nitrogens with zero attached hydrogens (tertiary/aromatic N) is 1. The number of hydrogen-bond acceptors (Lipinski definition) is 4. The number of hydrogen-bond donors (Lipinski definition) is 1. The molecule has 1 amide bonds. The number of nitrogens with one attached hydrogen (secondary N) is 1. The Kier molecular flexibility index (Phi) is 5.72. The molecular weight excluding hydrogens is 364 g/mol. The second-order valence-corrected chi connectivity index (χ2v) is 8.58. The van der Waals surface area contributed by atoms with Crippen molar-refractivity contribution in [3.8, 4) is 0 Å². The molecule has 2 aromatic carbocycles. The van der Waals surface area contributed by atoms with Crippen LogP contribution in [-0.4, -0.2) is 37.5 Å². The smallest absolute Gasteiger partial charge is 0.243 e. The second-order valence-electron chi connectivity index (χ2n) is 6.64. The van der Waals surface area contributed by atoms with Crippen LogP contribution in [0, 0.1) is 5.92 Å². The van der Waals surface area contributed by atoms with Crippen LogP contribution in [0.3, 0.4) is 0 Å². The van der Waals surface area contributed by atoms with Crippen LogP contribution < -0.4 is 5.32 Å². The lowest BCUT2D eigenvalue weighted by atomic mass is 9.99. The number of carbonyl (C=O) groups excluding carboxylic acids is 2. The van der Waals surface area contributed by atoms with Crippen LogP contribution in [-0.2, 0) is 14.8 Å². The number of piperidine rings is 1. The Morgan fingerprint density at radius 2 is 1.81 bits per heavy atom. The number of para-hydroxylation sites is 1. The summed E-state index contributed by atoms with van der Waals surface area (Å²) in [5, 5.41) is 2.84. The number of benzene rings is 2. The van der Waals surface area contributed by atoms with E-state index < -0.39 is 15.9 Å². The number of Topliss-reactive ketones (excluding diaryl/α,β-unsaturated/α-hetero) is 1. The predicted molar refractivity (Wildman–Crippen MR) is 103 cm³/mol. The third-order valence-electron chi connectivity index (χ3n) is 4.67. The zero-order valence-corrected chi connectivity index (χ0v) is 15.9. The number of amides is 1. The van der Waals surface area contributed by atoms with E-state index in [2.05, 4.69) is 5.32 Å². The highest BCUT2D eigenvalue weighted by molar-refractivity contribution is 7.89. The van der Waals surface area contributed by atoms with Gasteiger partial charge in [0.15, 0.2) is 5.78 Å². The Morgan fingerprint density at radius 1 is 1.07 bits per heavy atom. The molecule has 6 nitrogen and oxygen atoms in total. The summed E-state index contributed by atoms with van der Waals surface area (Å²) < 4.78 is 27.3. The van der Waals surface area contributed by atoms with Crippen molar-refractivity contribution >= 4 is 27.4 Å². The van der Waals surface area contributed by atoms with Crippen molar-refractivity contribution in [3.05, 3.63) is 60.2 Å². The number of anilines is 1. The van der Waals surface area contributed by atoms with E-state index in [4.69, 9.17) is 0 Å². The number of ketones is 1. The van der Waals surface area contributed by atoms with Crippen LogP contribution in [0.4, 0.5) is 5.69 Å². The summed E-state index contributed by atoms with van der Waals surface area (Å²) in [6, 6.07) is 15.1. The van der Waals surface area contributed by atoms with Gasteiger partial charge in [0.25, 0.3) is 0 Å². The maximum Gasteiger partial charge on any atom is 0.243 e. The molecule has 1 aliphatic heterocycles. The SMILES string of the molecule is CC(=O)c1cccc(S(=O)(=O)N2CCCC(C(=O)Nc3ccccc3)C2)c1. The molecule has 0 radical (unpaired) electrons. The summed E-state index contributed by atoms with van der Waals surface area (Å²) in [4.78, 5) is 24.2. The van der Waals surface area contributed by atoms with Crippen molar-refractivity contribution in [3.63, 3.8) is 0 Å². The Labute approximate surface area is 159 Å². The highest BCUT2D eigenvalue weighted by Gasteiger charge is 2.33. The van der Waals surface area contributed by atoms with Gasteiger partial charge in [0.2, 0.25) is 15.9 Å². The van der Waals surface area contributed by atoms with Crippen LogP contribution in [0.15, 0.2) is 59.5 Å². The molecule has 0 spiro atoms. The van der Waals surface area contributed by atoms with Gasteiger partial charge in [-0.25, -0.2) is 8.42 Å². The van der Waals surface area contributed by atoms with E-state index in [0.717, 1.165) is 0 Å². The Morgan fingerprint density at radius 3 is 2.52 bits per heavy atom. The average Bonchev–Trinajstić information content (AvgIpc) is 2.69. The van der Waals surface area contributed by atoms with Gasteiger partial charge >= 0.3 is 0 Å². The largest absolute Gasteiger partial charge is 0.326 e. The van der Waals surface area contributed by atoms with Gasteiger partial charge < -0.3 is 5.32 Å². The highest BCUT2D eigenvalue weighted by atomic mass is 32.2. The van der Waals surface area contributed by atoms with Crippen LogP contribution in [0.2, 0.25) is 0 Å². The van der Waals surface area contributed by atoms with Crippen LogP contribution in [0.1, 0.15) is 30.1 Å².